The number of hydrogen-bond donors (Lipinski definition) is 0. The summed E-state index contributed by atoms with van der Waals surface area (Å²) in [5.41, 5.74) is 1.50. The summed E-state index contributed by atoms with van der Waals surface area (Å²) in [6.07, 6.45) is 8.72. The molecule has 0 atom stereocenters. The zero-order chi connectivity index (χ0) is 10.4. The monoisotopic (exact) mass is 187 g/mol. The fraction of sp³-hybridized carbons (Fsp3) is 0.333. The number of unbranched alkanes of at least 4 members (excludes halogenated alkanes) is 1. The summed E-state index contributed by atoms with van der Waals surface area (Å²) in [4.78, 5) is 15.7. The topological polar surface area (TPSA) is 30.0 Å². The van der Waals surface area contributed by atoms with E-state index in [1.807, 2.05) is 6.92 Å². The van der Waals surface area contributed by atoms with Gasteiger partial charge in [0.15, 0.2) is 5.78 Å². The number of pyridine rings is 1. The van der Waals surface area contributed by atoms with Crippen LogP contribution in [0.3, 0.4) is 0 Å². The molecule has 0 unspecified atom stereocenters. The third kappa shape index (κ3) is 2.70. The van der Waals surface area contributed by atoms with Gasteiger partial charge in [0.2, 0.25) is 0 Å². The number of carbonyl (C=O) groups is 1. The lowest BCUT2D eigenvalue weighted by molar-refractivity contribution is 0.0979. The van der Waals surface area contributed by atoms with Crippen molar-refractivity contribution in [1.29, 1.82) is 0 Å². The lowest BCUT2D eigenvalue weighted by Crippen LogP contribution is -2.02. The third-order valence-corrected chi connectivity index (χ3v) is 2.03. The van der Waals surface area contributed by atoms with Crippen LogP contribution >= 0.6 is 0 Å². The Hall–Kier alpha value is -1.62. The fourth-order valence-corrected chi connectivity index (χ4v) is 1.26. The van der Waals surface area contributed by atoms with Crippen LogP contribution in [0.5, 0.6) is 0 Å². The number of ketones is 1. The fourth-order valence-electron chi connectivity index (χ4n) is 1.26. The zero-order valence-corrected chi connectivity index (χ0v) is 8.29. The van der Waals surface area contributed by atoms with Crippen LogP contribution in [0.25, 0.3) is 0 Å². The lowest BCUT2D eigenvalue weighted by Gasteiger charge is -2.01. The quantitative estimate of drug-likeness (QED) is 0.411. The van der Waals surface area contributed by atoms with Crippen LogP contribution in [0.2, 0.25) is 0 Å². The smallest absolute Gasteiger partial charge is 0.164 e. The largest absolute Gasteiger partial charge is 0.294 e. The SMILES string of the molecule is C#CCCCC(=O)c1cccnc1C. The first-order chi connectivity index (χ1) is 6.75. The van der Waals surface area contributed by atoms with Crippen LogP contribution in [0.4, 0.5) is 0 Å². The Bertz CT molecular complexity index is 363. The molecule has 0 amide bonds. The van der Waals surface area contributed by atoms with Gasteiger partial charge in [0, 0.05) is 30.3 Å². The van der Waals surface area contributed by atoms with Gasteiger partial charge in [-0.1, -0.05) is 0 Å². The van der Waals surface area contributed by atoms with E-state index in [4.69, 9.17) is 6.42 Å². The molecule has 0 aliphatic carbocycles. The summed E-state index contributed by atoms with van der Waals surface area (Å²) in [5.74, 6) is 2.65. The molecule has 0 bridgehead atoms. The molecule has 14 heavy (non-hydrogen) atoms. The average Bonchev–Trinajstić information content (AvgIpc) is 2.18. The highest BCUT2D eigenvalue weighted by atomic mass is 16.1. The van der Waals surface area contributed by atoms with Crippen molar-refractivity contribution in [2.24, 2.45) is 0 Å². The molecule has 1 aromatic rings. The van der Waals surface area contributed by atoms with Crippen molar-refractivity contribution >= 4 is 5.78 Å². The molecule has 0 saturated heterocycles. The third-order valence-electron chi connectivity index (χ3n) is 2.03. The summed E-state index contributed by atoms with van der Waals surface area (Å²) in [6.45, 7) is 1.84. The lowest BCUT2D eigenvalue weighted by atomic mass is 10.0. The van der Waals surface area contributed by atoms with Crippen molar-refractivity contribution in [1.82, 2.24) is 4.98 Å². The molecule has 2 heteroatoms. The van der Waals surface area contributed by atoms with Gasteiger partial charge < -0.3 is 0 Å². The van der Waals surface area contributed by atoms with Crippen LogP contribution in [0, 0.1) is 19.3 Å². The van der Waals surface area contributed by atoms with Crippen LogP contribution in [0.1, 0.15) is 35.3 Å². The molecule has 1 heterocycles. The first-order valence-electron chi connectivity index (χ1n) is 4.64. The summed E-state index contributed by atoms with van der Waals surface area (Å²) in [5, 5.41) is 0. The van der Waals surface area contributed by atoms with Crippen molar-refractivity contribution in [3.05, 3.63) is 29.6 Å². The maximum absolute atomic E-state index is 11.6. The number of rotatable bonds is 4. The van der Waals surface area contributed by atoms with Crippen LogP contribution < -0.4 is 0 Å². The molecule has 0 N–H and O–H groups in total. The number of Topliss-reactive ketones (excluding diaryl/α,β-unsaturated/α-hetero) is 1. The predicted octanol–water partition coefficient (Wildman–Crippen LogP) is 2.38. The van der Waals surface area contributed by atoms with Gasteiger partial charge in [-0.05, 0) is 25.5 Å². The Labute approximate surface area is 84.4 Å². The molecule has 0 aliphatic heterocycles. The van der Waals surface area contributed by atoms with E-state index in [2.05, 4.69) is 10.9 Å². The maximum Gasteiger partial charge on any atom is 0.164 e. The van der Waals surface area contributed by atoms with E-state index in [0.717, 1.165) is 12.1 Å². The maximum atomic E-state index is 11.6. The van der Waals surface area contributed by atoms with E-state index in [0.29, 0.717) is 18.4 Å². The van der Waals surface area contributed by atoms with Gasteiger partial charge in [0.25, 0.3) is 0 Å². The highest BCUT2D eigenvalue weighted by Crippen LogP contribution is 2.09. The van der Waals surface area contributed by atoms with Gasteiger partial charge in [-0.2, -0.15) is 0 Å². The molecular weight excluding hydrogens is 174 g/mol. The van der Waals surface area contributed by atoms with Crippen molar-refractivity contribution in [3.8, 4) is 12.3 Å². The second-order valence-corrected chi connectivity index (χ2v) is 3.12. The Kier molecular flexibility index (Phi) is 3.87. The molecule has 1 aromatic heterocycles. The second kappa shape index (κ2) is 5.18. The Balaban J connectivity index is 2.62. The van der Waals surface area contributed by atoms with Crippen LogP contribution in [0.15, 0.2) is 18.3 Å². The first kappa shape index (κ1) is 10.5. The number of terminal acetylenes is 1. The predicted molar refractivity (Wildman–Crippen MR) is 56.0 cm³/mol. The second-order valence-electron chi connectivity index (χ2n) is 3.12. The van der Waals surface area contributed by atoms with Crippen molar-refractivity contribution in [2.45, 2.75) is 26.2 Å². The van der Waals surface area contributed by atoms with Gasteiger partial charge in [-0.3, -0.25) is 9.78 Å². The molecule has 0 aliphatic rings. The van der Waals surface area contributed by atoms with E-state index >= 15 is 0 Å². The minimum Gasteiger partial charge on any atom is -0.294 e. The van der Waals surface area contributed by atoms with Crippen LogP contribution in [-0.2, 0) is 0 Å². The zero-order valence-electron chi connectivity index (χ0n) is 8.29. The first-order valence-corrected chi connectivity index (χ1v) is 4.64. The highest BCUT2D eigenvalue weighted by molar-refractivity contribution is 5.96. The Morgan fingerprint density at radius 3 is 3.07 bits per heavy atom. The molecule has 0 saturated carbocycles. The average molecular weight is 187 g/mol. The molecule has 0 spiro atoms. The molecule has 0 fully saturated rings. The minimum atomic E-state index is 0.130. The summed E-state index contributed by atoms with van der Waals surface area (Å²) >= 11 is 0. The molecule has 0 radical (unpaired) electrons. The Morgan fingerprint density at radius 2 is 2.43 bits per heavy atom. The van der Waals surface area contributed by atoms with Crippen molar-refractivity contribution in [2.75, 3.05) is 0 Å². The molecule has 1 rings (SSSR count). The summed E-state index contributed by atoms with van der Waals surface area (Å²) in [7, 11) is 0. The standard InChI is InChI=1S/C12H13NO/c1-3-4-5-8-12(14)11-7-6-9-13-10(11)2/h1,6-7,9H,4-5,8H2,2H3. The number of carbonyl (C=O) groups excluding carboxylic acids is 1. The molecule has 2 nitrogen and oxygen atoms in total. The van der Waals surface area contributed by atoms with E-state index in [1.54, 1.807) is 18.3 Å². The van der Waals surface area contributed by atoms with Gasteiger partial charge in [-0.15, -0.1) is 12.3 Å². The van der Waals surface area contributed by atoms with Crippen molar-refractivity contribution < 1.29 is 4.79 Å². The van der Waals surface area contributed by atoms with E-state index in [9.17, 15) is 4.79 Å². The van der Waals surface area contributed by atoms with Crippen LogP contribution in [-0.4, -0.2) is 10.8 Å². The van der Waals surface area contributed by atoms with E-state index < -0.39 is 0 Å². The molecular formula is C12H13NO. The van der Waals surface area contributed by atoms with Gasteiger partial charge in [-0.25, -0.2) is 0 Å². The summed E-state index contributed by atoms with van der Waals surface area (Å²) in [6, 6.07) is 3.59. The number of nitrogens with zero attached hydrogens (tertiary/aromatic N) is 1. The van der Waals surface area contributed by atoms with Crippen molar-refractivity contribution in [3.63, 3.8) is 0 Å². The van der Waals surface area contributed by atoms with Gasteiger partial charge >= 0.3 is 0 Å². The van der Waals surface area contributed by atoms with E-state index in [-0.39, 0.29) is 5.78 Å². The number of hydrogen-bond acceptors (Lipinski definition) is 2. The highest BCUT2D eigenvalue weighted by Gasteiger charge is 2.07. The minimum absolute atomic E-state index is 0.130. The number of aryl methyl sites for hydroxylation is 1. The molecule has 0 aromatic carbocycles. The normalized spacial score (nSPS) is 9.43. The Morgan fingerprint density at radius 1 is 1.64 bits per heavy atom. The number of aromatic nitrogens is 1. The molecule has 72 valence electrons. The summed E-state index contributed by atoms with van der Waals surface area (Å²) < 4.78 is 0. The van der Waals surface area contributed by atoms with Gasteiger partial charge in [0.1, 0.15) is 0 Å². The van der Waals surface area contributed by atoms with E-state index in [1.165, 1.54) is 0 Å². The van der Waals surface area contributed by atoms with Gasteiger partial charge in [0.05, 0.1) is 0 Å².